The number of rotatable bonds is 7. The molecular weight excluding hydrogens is 749 g/mol. The van der Waals surface area contributed by atoms with Crippen molar-refractivity contribution in [3.63, 3.8) is 0 Å². The summed E-state index contributed by atoms with van der Waals surface area (Å²) in [5, 5.41) is 10.00. The van der Waals surface area contributed by atoms with Crippen LogP contribution in [0.5, 0.6) is 0 Å². The average molecular weight is 789 g/mol. The van der Waals surface area contributed by atoms with Crippen LogP contribution >= 0.6 is 0 Å². The van der Waals surface area contributed by atoms with Crippen molar-refractivity contribution in [2.45, 2.75) is 0 Å². The molecule has 1 aromatic heterocycles. The van der Waals surface area contributed by atoms with Crippen molar-refractivity contribution in [2.75, 3.05) is 4.90 Å². The Kier molecular flexibility index (Phi) is 8.53. The third kappa shape index (κ3) is 5.96. The van der Waals surface area contributed by atoms with Crippen LogP contribution in [-0.4, -0.2) is 4.57 Å². The van der Waals surface area contributed by atoms with Crippen molar-refractivity contribution in [3.8, 4) is 39.1 Å². The third-order valence-corrected chi connectivity index (χ3v) is 12.6. The molecule has 0 saturated heterocycles. The van der Waals surface area contributed by atoms with Crippen molar-refractivity contribution < 1.29 is 0 Å². The maximum absolute atomic E-state index is 2.45. The zero-order valence-electron chi connectivity index (χ0n) is 34.0. The molecule has 2 nitrogen and oxygen atoms in total. The lowest BCUT2D eigenvalue weighted by molar-refractivity contribution is 1.18. The van der Waals surface area contributed by atoms with Gasteiger partial charge in [-0.15, -0.1) is 0 Å². The first kappa shape index (κ1) is 35.7. The number of nitrogens with zero attached hydrogens (tertiary/aromatic N) is 2. The molecule has 0 radical (unpaired) electrons. The lowest BCUT2D eigenvalue weighted by atomic mass is 9.92. The molecule has 0 bridgehead atoms. The van der Waals surface area contributed by atoms with Gasteiger partial charge in [-0.2, -0.15) is 0 Å². The molecule has 0 atom stereocenters. The molecule has 0 aliphatic rings. The fraction of sp³-hybridized carbons (Fsp3) is 0. The summed E-state index contributed by atoms with van der Waals surface area (Å²) in [6.45, 7) is 0. The average Bonchev–Trinajstić information content (AvgIpc) is 3.67. The third-order valence-electron chi connectivity index (χ3n) is 12.6. The Morgan fingerprint density at radius 2 is 0.806 bits per heavy atom. The smallest absolute Gasteiger partial charge is 0.0547 e. The quantitative estimate of drug-likeness (QED) is 0.146. The highest BCUT2D eigenvalue weighted by atomic mass is 15.1. The predicted octanol–water partition coefficient (Wildman–Crippen LogP) is 16.7. The van der Waals surface area contributed by atoms with Crippen LogP contribution in [0.2, 0.25) is 0 Å². The molecule has 12 rings (SSSR count). The molecule has 290 valence electrons. The molecule has 0 saturated carbocycles. The molecule has 0 amide bonds. The van der Waals surface area contributed by atoms with Crippen LogP contribution in [0.25, 0.3) is 93.2 Å². The summed E-state index contributed by atoms with van der Waals surface area (Å²) in [6, 6.07) is 88.5. The van der Waals surface area contributed by atoms with Crippen molar-refractivity contribution >= 4 is 71.2 Å². The highest BCUT2D eigenvalue weighted by Crippen LogP contribution is 2.45. The summed E-state index contributed by atoms with van der Waals surface area (Å²) in [7, 11) is 0. The van der Waals surface area contributed by atoms with Gasteiger partial charge in [-0.25, -0.2) is 0 Å². The molecular formula is C60H40N2. The molecule has 0 spiro atoms. The van der Waals surface area contributed by atoms with E-state index in [1.165, 1.54) is 81.9 Å². The van der Waals surface area contributed by atoms with E-state index >= 15 is 0 Å². The predicted molar refractivity (Wildman–Crippen MR) is 264 cm³/mol. The van der Waals surface area contributed by atoms with Gasteiger partial charge in [0.2, 0.25) is 0 Å². The Bertz CT molecular complexity index is 3620. The first-order chi connectivity index (χ1) is 30.8. The fourth-order valence-corrected chi connectivity index (χ4v) is 9.65. The number of benzene rings is 11. The molecule has 12 aromatic rings. The van der Waals surface area contributed by atoms with E-state index in [0.29, 0.717) is 0 Å². The van der Waals surface area contributed by atoms with E-state index in [2.05, 4.69) is 252 Å². The van der Waals surface area contributed by atoms with E-state index in [-0.39, 0.29) is 0 Å². The van der Waals surface area contributed by atoms with Gasteiger partial charge in [-0.3, -0.25) is 0 Å². The summed E-state index contributed by atoms with van der Waals surface area (Å²) in [5.74, 6) is 0. The van der Waals surface area contributed by atoms with Gasteiger partial charge in [-0.1, -0.05) is 182 Å². The van der Waals surface area contributed by atoms with Crippen LogP contribution in [-0.2, 0) is 0 Å². The van der Waals surface area contributed by atoms with E-state index in [1.807, 2.05) is 0 Å². The number of hydrogen-bond donors (Lipinski definition) is 0. The maximum Gasteiger partial charge on any atom is 0.0547 e. The van der Waals surface area contributed by atoms with Crippen LogP contribution in [0.1, 0.15) is 0 Å². The van der Waals surface area contributed by atoms with Crippen molar-refractivity contribution in [1.82, 2.24) is 4.57 Å². The van der Waals surface area contributed by atoms with Gasteiger partial charge in [0, 0.05) is 33.3 Å². The minimum absolute atomic E-state index is 1.08. The van der Waals surface area contributed by atoms with Crippen molar-refractivity contribution in [1.29, 1.82) is 0 Å². The first-order valence-electron chi connectivity index (χ1n) is 21.3. The van der Waals surface area contributed by atoms with Crippen LogP contribution in [0, 0.1) is 0 Å². The number of anilines is 3. The van der Waals surface area contributed by atoms with Gasteiger partial charge in [0.1, 0.15) is 0 Å². The number of para-hydroxylation sites is 3. The minimum Gasteiger partial charge on any atom is -0.310 e. The van der Waals surface area contributed by atoms with Gasteiger partial charge in [-0.05, 0) is 115 Å². The zero-order chi connectivity index (χ0) is 41.0. The molecule has 11 aromatic carbocycles. The standard InChI is InChI=1S/C60H40N2/c1-2-16-41(17-3-1)42-30-34-47(35-31-42)61(58-28-14-11-25-53(58)55-39-46-20-6-7-21-49(46)51-23-8-9-24-52(51)55)48-36-32-43(33-37-48)50-22-10-13-27-57(50)62-59-29-15-12-26-54(59)56-38-44-18-4-5-19-45(44)40-60(56)62/h1-40H. The van der Waals surface area contributed by atoms with E-state index in [1.54, 1.807) is 0 Å². The second-order valence-corrected chi connectivity index (χ2v) is 16.1. The summed E-state index contributed by atoms with van der Waals surface area (Å²) < 4.78 is 2.45. The monoisotopic (exact) mass is 788 g/mol. The molecule has 62 heavy (non-hydrogen) atoms. The van der Waals surface area contributed by atoms with Gasteiger partial charge >= 0.3 is 0 Å². The first-order valence-corrected chi connectivity index (χ1v) is 21.3. The van der Waals surface area contributed by atoms with Crippen molar-refractivity contribution in [3.05, 3.63) is 243 Å². The molecule has 0 aliphatic carbocycles. The van der Waals surface area contributed by atoms with Gasteiger partial charge in [0.25, 0.3) is 0 Å². The summed E-state index contributed by atoms with van der Waals surface area (Å²) in [4.78, 5) is 2.42. The molecule has 0 N–H and O–H groups in total. The van der Waals surface area contributed by atoms with E-state index in [0.717, 1.165) is 28.3 Å². The van der Waals surface area contributed by atoms with E-state index in [9.17, 15) is 0 Å². The van der Waals surface area contributed by atoms with Crippen molar-refractivity contribution in [2.24, 2.45) is 0 Å². The zero-order valence-corrected chi connectivity index (χ0v) is 34.0. The molecule has 0 aliphatic heterocycles. The van der Waals surface area contributed by atoms with Crippen LogP contribution in [0.4, 0.5) is 17.1 Å². The highest BCUT2D eigenvalue weighted by Gasteiger charge is 2.21. The summed E-state index contributed by atoms with van der Waals surface area (Å²) in [5.41, 5.74) is 14.0. The second-order valence-electron chi connectivity index (χ2n) is 16.1. The Balaban J connectivity index is 1.03. The second kappa shape index (κ2) is 14.8. The Labute approximate surface area is 360 Å². The molecule has 2 heteroatoms. The number of fused-ring (bicyclic) bond motifs is 7. The molecule has 0 fully saturated rings. The van der Waals surface area contributed by atoms with Gasteiger partial charge in [0.05, 0.1) is 22.4 Å². The van der Waals surface area contributed by atoms with E-state index in [4.69, 9.17) is 0 Å². The van der Waals surface area contributed by atoms with Gasteiger partial charge < -0.3 is 9.47 Å². The lowest BCUT2D eigenvalue weighted by Crippen LogP contribution is -2.11. The summed E-state index contributed by atoms with van der Waals surface area (Å²) >= 11 is 0. The SMILES string of the molecule is c1ccc(-c2ccc(N(c3ccc(-c4ccccc4-n4c5ccccc5c5cc6ccccc6cc54)cc3)c3ccccc3-c3cc4ccccc4c4ccccc34)cc2)cc1. The topological polar surface area (TPSA) is 8.17 Å². The maximum atomic E-state index is 2.45. The summed E-state index contributed by atoms with van der Waals surface area (Å²) in [6.07, 6.45) is 0. The Morgan fingerprint density at radius 1 is 0.274 bits per heavy atom. The van der Waals surface area contributed by atoms with Crippen LogP contribution < -0.4 is 4.90 Å². The minimum atomic E-state index is 1.08. The lowest BCUT2D eigenvalue weighted by Gasteiger charge is -2.29. The fourth-order valence-electron chi connectivity index (χ4n) is 9.65. The Morgan fingerprint density at radius 3 is 1.56 bits per heavy atom. The molecule has 0 unspecified atom stereocenters. The normalized spacial score (nSPS) is 11.5. The Hall–Kier alpha value is -8.20. The number of aromatic nitrogens is 1. The van der Waals surface area contributed by atoms with Crippen LogP contribution in [0.15, 0.2) is 243 Å². The highest BCUT2D eigenvalue weighted by molar-refractivity contribution is 6.16. The molecule has 1 heterocycles. The largest absolute Gasteiger partial charge is 0.310 e. The van der Waals surface area contributed by atoms with E-state index < -0.39 is 0 Å². The number of hydrogen-bond acceptors (Lipinski definition) is 1. The van der Waals surface area contributed by atoms with Gasteiger partial charge in [0.15, 0.2) is 0 Å². The van der Waals surface area contributed by atoms with Crippen LogP contribution in [0.3, 0.4) is 0 Å².